The molecule has 1 aliphatic heterocycles. The van der Waals surface area contributed by atoms with Crippen molar-refractivity contribution in [2.24, 2.45) is 12.8 Å². The quantitative estimate of drug-likeness (QED) is 0.780. The van der Waals surface area contributed by atoms with E-state index >= 15 is 0 Å². The SMILES string of the molecule is Cc1nn(C)c(C)c1C(C)N1CC(N)C1. The van der Waals surface area contributed by atoms with Gasteiger partial charge in [0, 0.05) is 43.5 Å². The van der Waals surface area contributed by atoms with Gasteiger partial charge in [0.25, 0.3) is 0 Å². The van der Waals surface area contributed by atoms with Crippen LogP contribution >= 0.6 is 0 Å². The van der Waals surface area contributed by atoms with Gasteiger partial charge in [0.2, 0.25) is 0 Å². The van der Waals surface area contributed by atoms with Crippen molar-refractivity contribution in [3.05, 3.63) is 17.0 Å². The van der Waals surface area contributed by atoms with Crippen molar-refractivity contribution in [3.63, 3.8) is 0 Å². The molecule has 1 aromatic rings. The lowest BCUT2D eigenvalue weighted by atomic mass is 9.99. The smallest absolute Gasteiger partial charge is 0.0644 e. The Balaban J connectivity index is 2.21. The van der Waals surface area contributed by atoms with Crippen molar-refractivity contribution in [1.29, 1.82) is 0 Å². The summed E-state index contributed by atoms with van der Waals surface area (Å²) in [4.78, 5) is 2.40. The van der Waals surface area contributed by atoms with Crippen LogP contribution in [0.4, 0.5) is 0 Å². The number of rotatable bonds is 2. The Labute approximate surface area is 91.1 Å². The topological polar surface area (TPSA) is 47.1 Å². The molecule has 0 aliphatic carbocycles. The Hall–Kier alpha value is -0.870. The highest BCUT2D eigenvalue weighted by molar-refractivity contribution is 5.28. The monoisotopic (exact) mass is 208 g/mol. The molecule has 0 bridgehead atoms. The van der Waals surface area contributed by atoms with Crippen LogP contribution in [0.15, 0.2) is 0 Å². The molecule has 0 spiro atoms. The second-order valence-corrected chi connectivity index (χ2v) is 4.60. The molecule has 15 heavy (non-hydrogen) atoms. The van der Waals surface area contributed by atoms with Gasteiger partial charge in [-0.1, -0.05) is 0 Å². The maximum absolute atomic E-state index is 5.80. The fraction of sp³-hybridized carbons (Fsp3) is 0.727. The zero-order valence-electron chi connectivity index (χ0n) is 9.99. The molecule has 0 saturated carbocycles. The zero-order chi connectivity index (χ0) is 11.2. The van der Waals surface area contributed by atoms with Crippen LogP contribution in [-0.2, 0) is 7.05 Å². The summed E-state index contributed by atoms with van der Waals surface area (Å²) in [6.07, 6.45) is 0. The average molecular weight is 208 g/mol. The zero-order valence-corrected chi connectivity index (χ0v) is 9.99. The molecule has 0 radical (unpaired) electrons. The molecular formula is C11H20N4. The van der Waals surface area contributed by atoms with Gasteiger partial charge in [-0.3, -0.25) is 9.58 Å². The molecule has 84 valence electrons. The van der Waals surface area contributed by atoms with Gasteiger partial charge in [-0.15, -0.1) is 0 Å². The highest BCUT2D eigenvalue weighted by Gasteiger charge is 2.30. The van der Waals surface area contributed by atoms with Crippen molar-refractivity contribution in [3.8, 4) is 0 Å². The van der Waals surface area contributed by atoms with Gasteiger partial charge in [0.15, 0.2) is 0 Å². The Kier molecular flexibility index (Phi) is 2.56. The average Bonchev–Trinajstić information content (AvgIpc) is 2.35. The van der Waals surface area contributed by atoms with E-state index in [9.17, 15) is 0 Å². The predicted octanol–water partition coefficient (Wildman–Crippen LogP) is 0.741. The Morgan fingerprint density at radius 1 is 1.40 bits per heavy atom. The maximum Gasteiger partial charge on any atom is 0.0644 e. The number of nitrogens with two attached hydrogens (primary N) is 1. The molecule has 1 unspecified atom stereocenters. The minimum Gasteiger partial charge on any atom is -0.325 e. The lowest BCUT2D eigenvalue weighted by Gasteiger charge is -2.41. The van der Waals surface area contributed by atoms with Gasteiger partial charge in [-0.05, 0) is 20.8 Å². The molecule has 0 amide bonds. The van der Waals surface area contributed by atoms with Crippen LogP contribution < -0.4 is 5.73 Å². The molecule has 2 rings (SSSR count). The van der Waals surface area contributed by atoms with Crippen LogP contribution in [0, 0.1) is 13.8 Å². The van der Waals surface area contributed by atoms with Gasteiger partial charge in [-0.2, -0.15) is 5.10 Å². The fourth-order valence-corrected chi connectivity index (χ4v) is 2.44. The summed E-state index contributed by atoms with van der Waals surface area (Å²) >= 11 is 0. The molecule has 0 aromatic carbocycles. The first-order valence-electron chi connectivity index (χ1n) is 5.50. The second-order valence-electron chi connectivity index (χ2n) is 4.60. The van der Waals surface area contributed by atoms with Gasteiger partial charge < -0.3 is 5.73 Å². The maximum atomic E-state index is 5.80. The molecule has 2 N–H and O–H groups in total. The second kappa shape index (κ2) is 3.61. The predicted molar refractivity (Wildman–Crippen MR) is 60.6 cm³/mol. The van der Waals surface area contributed by atoms with E-state index in [1.165, 1.54) is 11.3 Å². The molecule has 1 aliphatic rings. The normalized spacial score (nSPS) is 20.3. The van der Waals surface area contributed by atoms with E-state index in [1.807, 2.05) is 11.7 Å². The summed E-state index contributed by atoms with van der Waals surface area (Å²) in [5.41, 5.74) is 9.57. The number of aryl methyl sites for hydroxylation is 2. The largest absolute Gasteiger partial charge is 0.325 e. The Morgan fingerprint density at radius 3 is 2.40 bits per heavy atom. The summed E-state index contributed by atoms with van der Waals surface area (Å²) in [6, 6.07) is 0.809. The number of likely N-dealkylation sites (tertiary alicyclic amines) is 1. The van der Waals surface area contributed by atoms with Gasteiger partial charge in [0.1, 0.15) is 0 Å². The van der Waals surface area contributed by atoms with Crippen molar-refractivity contribution in [2.45, 2.75) is 32.9 Å². The minimum atomic E-state index is 0.365. The molecule has 1 fully saturated rings. The van der Waals surface area contributed by atoms with Gasteiger partial charge in [0.05, 0.1) is 5.69 Å². The molecule has 1 atom stereocenters. The van der Waals surface area contributed by atoms with Crippen molar-refractivity contribution >= 4 is 0 Å². The molecule has 4 nitrogen and oxygen atoms in total. The third-order valence-corrected chi connectivity index (χ3v) is 3.47. The summed E-state index contributed by atoms with van der Waals surface area (Å²) < 4.78 is 1.96. The lowest BCUT2D eigenvalue weighted by Crippen LogP contribution is -2.56. The molecule has 1 aromatic heterocycles. The van der Waals surface area contributed by atoms with Crippen LogP contribution in [-0.4, -0.2) is 33.8 Å². The summed E-state index contributed by atoms with van der Waals surface area (Å²) in [7, 11) is 2.00. The van der Waals surface area contributed by atoms with Gasteiger partial charge in [-0.25, -0.2) is 0 Å². The number of hydrogen-bond acceptors (Lipinski definition) is 3. The van der Waals surface area contributed by atoms with Crippen LogP contribution in [0.2, 0.25) is 0 Å². The molecule has 2 heterocycles. The minimum absolute atomic E-state index is 0.365. The van der Waals surface area contributed by atoms with E-state index in [-0.39, 0.29) is 0 Å². The first kappa shape index (κ1) is 10.6. The Bertz CT molecular complexity index is 363. The number of nitrogens with zero attached hydrogens (tertiary/aromatic N) is 3. The fourth-order valence-electron chi connectivity index (χ4n) is 2.44. The van der Waals surface area contributed by atoms with Crippen LogP contribution in [0.5, 0.6) is 0 Å². The summed E-state index contributed by atoms with van der Waals surface area (Å²) in [5.74, 6) is 0. The van der Waals surface area contributed by atoms with Crippen molar-refractivity contribution in [2.75, 3.05) is 13.1 Å². The summed E-state index contributed by atoms with van der Waals surface area (Å²) in [6.45, 7) is 8.47. The molecule has 1 saturated heterocycles. The standard InChI is InChI=1S/C11H20N4/c1-7-11(8(2)14(4)13-7)9(3)15-5-10(12)6-15/h9-10H,5-6,12H2,1-4H3. The van der Waals surface area contributed by atoms with E-state index in [0.717, 1.165) is 18.8 Å². The summed E-state index contributed by atoms with van der Waals surface area (Å²) in [5, 5.41) is 4.45. The Morgan fingerprint density at radius 2 is 2.00 bits per heavy atom. The third kappa shape index (κ3) is 1.68. The van der Waals surface area contributed by atoms with E-state index in [0.29, 0.717) is 12.1 Å². The van der Waals surface area contributed by atoms with E-state index in [4.69, 9.17) is 5.73 Å². The van der Waals surface area contributed by atoms with E-state index in [1.54, 1.807) is 0 Å². The third-order valence-electron chi connectivity index (χ3n) is 3.47. The van der Waals surface area contributed by atoms with Crippen LogP contribution in [0.1, 0.15) is 29.9 Å². The first-order valence-corrected chi connectivity index (χ1v) is 5.50. The molecule has 4 heteroatoms. The molecular weight excluding hydrogens is 188 g/mol. The number of aromatic nitrogens is 2. The van der Waals surface area contributed by atoms with Crippen LogP contribution in [0.3, 0.4) is 0 Å². The van der Waals surface area contributed by atoms with E-state index < -0.39 is 0 Å². The van der Waals surface area contributed by atoms with Crippen molar-refractivity contribution < 1.29 is 0 Å². The highest BCUT2D eigenvalue weighted by atomic mass is 15.3. The first-order chi connectivity index (χ1) is 7.00. The lowest BCUT2D eigenvalue weighted by molar-refractivity contribution is 0.103. The van der Waals surface area contributed by atoms with Crippen LogP contribution in [0.25, 0.3) is 0 Å². The van der Waals surface area contributed by atoms with Crippen molar-refractivity contribution in [1.82, 2.24) is 14.7 Å². The van der Waals surface area contributed by atoms with Gasteiger partial charge >= 0.3 is 0 Å². The number of hydrogen-bond donors (Lipinski definition) is 1. The highest BCUT2D eigenvalue weighted by Crippen LogP contribution is 2.28. The van der Waals surface area contributed by atoms with E-state index in [2.05, 4.69) is 30.8 Å².